The summed E-state index contributed by atoms with van der Waals surface area (Å²) in [6, 6.07) is 4.05. The first kappa shape index (κ1) is 15.0. The third kappa shape index (κ3) is 4.58. The van der Waals surface area contributed by atoms with Crippen LogP contribution in [0.1, 0.15) is 17.7 Å². The number of rotatable bonds is 3. The molecule has 1 saturated heterocycles. The Balaban J connectivity index is 0.00000144. The number of halogens is 2. The van der Waals surface area contributed by atoms with Gasteiger partial charge >= 0.3 is 0 Å². The maximum Gasteiger partial charge on any atom is 0.223 e. The fourth-order valence-electron chi connectivity index (χ4n) is 1.85. The lowest BCUT2D eigenvalue weighted by Crippen LogP contribution is -2.37. The van der Waals surface area contributed by atoms with Crippen LogP contribution >= 0.6 is 39.7 Å². The van der Waals surface area contributed by atoms with Crippen molar-refractivity contribution in [2.45, 2.75) is 19.4 Å². The fraction of sp³-hybridized carbons (Fsp3) is 0.545. The van der Waals surface area contributed by atoms with E-state index in [2.05, 4.69) is 26.6 Å². The van der Waals surface area contributed by atoms with E-state index in [1.54, 1.807) is 11.3 Å². The van der Waals surface area contributed by atoms with E-state index in [4.69, 9.17) is 0 Å². The van der Waals surface area contributed by atoms with Crippen LogP contribution in [0, 0.1) is 5.92 Å². The van der Waals surface area contributed by atoms with Crippen molar-refractivity contribution in [3.63, 3.8) is 0 Å². The van der Waals surface area contributed by atoms with Crippen molar-refractivity contribution < 1.29 is 4.79 Å². The maximum atomic E-state index is 11.8. The van der Waals surface area contributed by atoms with Gasteiger partial charge in [-0.1, -0.05) is 0 Å². The first-order valence-corrected chi connectivity index (χ1v) is 7.09. The van der Waals surface area contributed by atoms with Crippen LogP contribution in [0.15, 0.2) is 15.9 Å². The van der Waals surface area contributed by atoms with Gasteiger partial charge in [-0.15, -0.1) is 23.7 Å². The van der Waals surface area contributed by atoms with Gasteiger partial charge in [0.2, 0.25) is 5.91 Å². The van der Waals surface area contributed by atoms with Gasteiger partial charge < -0.3 is 10.6 Å². The Morgan fingerprint density at radius 2 is 2.18 bits per heavy atom. The van der Waals surface area contributed by atoms with Crippen LogP contribution in [0.5, 0.6) is 0 Å². The Morgan fingerprint density at radius 1 is 1.47 bits per heavy atom. The molecule has 1 aliphatic rings. The largest absolute Gasteiger partial charge is 0.351 e. The van der Waals surface area contributed by atoms with Crippen LogP contribution in [0.4, 0.5) is 0 Å². The standard InChI is InChI=1S/C11H15BrN2OS.ClH/c12-10-2-1-9(16-10)7-14-11(15)8-3-5-13-6-4-8;/h1-2,8,13H,3-7H2,(H,14,15);1H. The van der Waals surface area contributed by atoms with E-state index < -0.39 is 0 Å². The summed E-state index contributed by atoms with van der Waals surface area (Å²) in [5, 5.41) is 6.27. The van der Waals surface area contributed by atoms with Crippen LogP contribution in [-0.2, 0) is 11.3 Å². The van der Waals surface area contributed by atoms with Crippen LogP contribution < -0.4 is 10.6 Å². The topological polar surface area (TPSA) is 41.1 Å². The molecule has 2 rings (SSSR count). The quantitative estimate of drug-likeness (QED) is 0.888. The Labute approximate surface area is 120 Å². The van der Waals surface area contributed by atoms with Crippen LogP contribution in [0.2, 0.25) is 0 Å². The summed E-state index contributed by atoms with van der Waals surface area (Å²) in [5.74, 6) is 0.399. The van der Waals surface area contributed by atoms with E-state index in [0.29, 0.717) is 6.54 Å². The average Bonchev–Trinajstić information content (AvgIpc) is 2.73. The Bertz CT molecular complexity index is 366. The van der Waals surface area contributed by atoms with E-state index in [-0.39, 0.29) is 24.2 Å². The highest BCUT2D eigenvalue weighted by Crippen LogP contribution is 2.22. The summed E-state index contributed by atoms with van der Waals surface area (Å²) in [6.45, 7) is 2.57. The summed E-state index contributed by atoms with van der Waals surface area (Å²) in [5.41, 5.74) is 0. The molecule has 1 aromatic rings. The molecule has 0 aliphatic carbocycles. The molecule has 2 heterocycles. The zero-order chi connectivity index (χ0) is 11.4. The molecule has 0 radical (unpaired) electrons. The minimum Gasteiger partial charge on any atom is -0.351 e. The molecule has 1 aromatic heterocycles. The van der Waals surface area contributed by atoms with Gasteiger partial charge in [-0.2, -0.15) is 0 Å². The zero-order valence-corrected chi connectivity index (χ0v) is 12.6. The molecule has 17 heavy (non-hydrogen) atoms. The predicted octanol–water partition coefficient (Wildman–Crippen LogP) is 2.55. The molecule has 0 unspecified atom stereocenters. The number of hydrogen-bond acceptors (Lipinski definition) is 3. The number of thiophene rings is 1. The minimum atomic E-state index is 0. The van der Waals surface area contributed by atoms with Gasteiger partial charge in [0.15, 0.2) is 0 Å². The molecule has 6 heteroatoms. The van der Waals surface area contributed by atoms with E-state index >= 15 is 0 Å². The second-order valence-electron chi connectivity index (χ2n) is 3.95. The predicted molar refractivity (Wildman–Crippen MR) is 76.7 cm³/mol. The van der Waals surface area contributed by atoms with Gasteiger partial charge in [0, 0.05) is 10.8 Å². The van der Waals surface area contributed by atoms with Crippen LogP contribution in [0.25, 0.3) is 0 Å². The van der Waals surface area contributed by atoms with Crippen molar-refractivity contribution in [1.82, 2.24) is 10.6 Å². The van der Waals surface area contributed by atoms with E-state index in [9.17, 15) is 4.79 Å². The second-order valence-corrected chi connectivity index (χ2v) is 6.50. The molecular formula is C11H16BrClN2OS. The molecule has 0 bridgehead atoms. The lowest BCUT2D eigenvalue weighted by Gasteiger charge is -2.21. The maximum absolute atomic E-state index is 11.8. The number of carbonyl (C=O) groups is 1. The Morgan fingerprint density at radius 3 is 2.76 bits per heavy atom. The lowest BCUT2D eigenvalue weighted by molar-refractivity contribution is -0.125. The number of piperidine rings is 1. The molecule has 0 saturated carbocycles. The Hall–Kier alpha value is -0.100. The zero-order valence-electron chi connectivity index (χ0n) is 9.37. The summed E-state index contributed by atoms with van der Waals surface area (Å²) in [6.07, 6.45) is 1.92. The number of nitrogens with one attached hydrogen (secondary N) is 2. The lowest BCUT2D eigenvalue weighted by atomic mass is 9.97. The molecule has 0 atom stereocenters. The smallest absolute Gasteiger partial charge is 0.223 e. The number of hydrogen-bond donors (Lipinski definition) is 2. The second kappa shape index (κ2) is 7.36. The van der Waals surface area contributed by atoms with Crippen molar-refractivity contribution in [2.24, 2.45) is 5.92 Å². The average molecular weight is 340 g/mol. The molecular weight excluding hydrogens is 324 g/mol. The molecule has 1 aliphatic heterocycles. The van der Waals surface area contributed by atoms with Gasteiger partial charge in [0.05, 0.1) is 10.3 Å². The third-order valence-electron chi connectivity index (χ3n) is 2.78. The molecule has 1 amide bonds. The summed E-state index contributed by atoms with van der Waals surface area (Å²) < 4.78 is 1.11. The van der Waals surface area contributed by atoms with Crippen molar-refractivity contribution >= 4 is 45.6 Å². The first-order valence-electron chi connectivity index (χ1n) is 5.48. The number of amides is 1. The van der Waals surface area contributed by atoms with Crippen LogP contribution in [-0.4, -0.2) is 19.0 Å². The highest BCUT2D eigenvalue weighted by Gasteiger charge is 2.20. The molecule has 0 aromatic carbocycles. The van der Waals surface area contributed by atoms with Gasteiger partial charge in [0.25, 0.3) is 0 Å². The molecule has 1 fully saturated rings. The molecule has 96 valence electrons. The van der Waals surface area contributed by atoms with Crippen molar-refractivity contribution in [2.75, 3.05) is 13.1 Å². The van der Waals surface area contributed by atoms with Crippen molar-refractivity contribution in [3.05, 3.63) is 20.8 Å². The SMILES string of the molecule is Cl.O=C(NCc1ccc(Br)s1)C1CCNCC1. The van der Waals surface area contributed by atoms with Crippen LogP contribution in [0.3, 0.4) is 0 Å². The highest BCUT2D eigenvalue weighted by atomic mass is 79.9. The van der Waals surface area contributed by atoms with Gasteiger partial charge in [-0.05, 0) is 54.0 Å². The monoisotopic (exact) mass is 338 g/mol. The summed E-state index contributed by atoms with van der Waals surface area (Å²) in [4.78, 5) is 13.0. The summed E-state index contributed by atoms with van der Waals surface area (Å²) in [7, 11) is 0. The fourth-order valence-corrected chi connectivity index (χ4v) is 3.27. The Kier molecular flexibility index (Phi) is 6.48. The van der Waals surface area contributed by atoms with Crippen molar-refractivity contribution in [3.8, 4) is 0 Å². The summed E-state index contributed by atoms with van der Waals surface area (Å²) >= 11 is 5.08. The highest BCUT2D eigenvalue weighted by molar-refractivity contribution is 9.11. The first-order chi connectivity index (χ1) is 7.75. The van der Waals surface area contributed by atoms with E-state index in [1.165, 1.54) is 4.88 Å². The van der Waals surface area contributed by atoms with Gasteiger partial charge in [-0.25, -0.2) is 0 Å². The van der Waals surface area contributed by atoms with E-state index in [1.807, 2.05) is 12.1 Å². The van der Waals surface area contributed by atoms with Crippen molar-refractivity contribution in [1.29, 1.82) is 0 Å². The molecule has 2 N–H and O–H groups in total. The normalized spacial score (nSPS) is 16.3. The number of carbonyl (C=O) groups excluding carboxylic acids is 1. The van der Waals surface area contributed by atoms with Gasteiger partial charge in [0.1, 0.15) is 0 Å². The van der Waals surface area contributed by atoms with E-state index in [0.717, 1.165) is 29.7 Å². The minimum absolute atomic E-state index is 0. The third-order valence-corrected chi connectivity index (χ3v) is 4.40. The molecule has 0 spiro atoms. The molecule has 3 nitrogen and oxygen atoms in total. The van der Waals surface area contributed by atoms with Gasteiger partial charge in [-0.3, -0.25) is 4.79 Å².